The monoisotopic (exact) mass is 283 g/mol. The molecule has 5 heteroatoms. The molecule has 0 aromatic heterocycles. The number of carbonyl (C=O) groups is 1. The Balaban J connectivity index is 1.70. The topological polar surface area (TPSA) is 64.6 Å². The second-order valence-electron chi connectivity index (χ2n) is 7.19. The van der Waals surface area contributed by atoms with E-state index in [0.29, 0.717) is 37.5 Å². The first-order valence-corrected chi connectivity index (χ1v) is 7.74. The Bertz CT molecular complexity index is 332. The average molecular weight is 283 g/mol. The molecule has 5 nitrogen and oxygen atoms in total. The van der Waals surface area contributed by atoms with Gasteiger partial charge < -0.3 is 20.6 Å². The molecule has 2 saturated heterocycles. The number of hydrogen-bond donors (Lipinski definition) is 3. The molecule has 2 rings (SSSR count). The predicted octanol–water partition coefficient (Wildman–Crippen LogP) is 0.336. The van der Waals surface area contributed by atoms with E-state index >= 15 is 0 Å². The summed E-state index contributed by atoms with van der Waals surface area (Å²) in [7, 11) is 3.84. The SMILES string of the molecule is CN(C)CC(C)(O)CNC(=O)CC1CC2CCC(C1)N2. The molecule has 0 saturated carbocycles. The summed E-state index contributed by atoms with van der Waals surface area (Å²) in [5.74, 6) is 0.586. The Morgan fingerprint density at radius 2 is 1.95 bits per heavy atom. The van der Waals surface area contributed by atoms with Crippen molar-refractivity contribution >= 4 is 5.91 Å². The fourth-order valence-electron chi connectivity index (χ4n) is 3.70. The molecular weight excluding hydrogens is 254 g/mol. The van der Waals surface area contributed by atoms with Gasteiger partial charge in [-0.2, -0.15) is 0 Å². The van der Waals surface area contributed by atoms with Crippen LogP contribution in [-0.4, -0.2) is 60.8 Å². The van der Waals surface area contributed by atoms with Gasteiger partial charge in [0.25, 0.3) is 0 Å². The molecule has 3 atom stereocenters. The summed E-state index contributed by atoms with van der Waals surface area (Å²) in [6.07, 6.45) is 5.38. The predicted molar refractivity (Wildman–Crippen MR) is 79.5 cm³/mol. The Labute approximate surface area is 122 Å². The molecule has 2 aliphatic rings. The second kappa shape index (κ2) is 6.41. The quantitative estimate of drug-likeness (QED) is 0.657. The zero-order valence-corrected chi connectivity index (χ0v) is 13.0. The van der Waals surface area contributed by atoms with Gasteiger partial charge in [0.2, 0.25) is 5.91 Å². The number of rotatable bonds is 6. The maximum absolute atomic E-state index is 12.0. The summed E-state index contributed by atoms with van der Waals surface area (Å²) in [5, 5.41) is 16.7. The van der Waals surface area contributed by atoms with Crippen LogP contribution in [0.1, 0.15) is 39.0 Å². The van der Waals surface area contributed by atoms with E-state index in [1.165, 1.54) is 12.8 Å². The first-order valence-electron chi connectivity index (χ1n) is 7.74. The van der Waals surface area contributed by atoms with E-state index in [1.54, 1.807) is 6.92 Å². The Morgan fingerprint density at radius 3 is 2.50 bits per heavy atom. The fraction of sp³-hybridized carbons (Fsp3) is 0.933. The van der Waals surface area contributed by atoms with Gasteiger partial charge in [0, 0.05) is 31.6 Å². The number of aliphatic hydroxyl groups is 1. The Morgan fingerprint density at radius 1 is 1.35 bits per heavy atom. The first kappa shape index (κ1) is 15.7. The Hall–Kier alpha value is -0.650. The summed E-state index contributed by atoms with van der Waals surface area (Å²) < 4.78 is 0. The second-order valence-corrected chi connectivity index (χ2v) is 7.19. The minimum Gasteiger partial charge on any atom is -0.387 e. The van der Waals surface area contributed by atoms with E-state index in [-0.39, 0.29) is 5.91 Å². The van der Waals surface area contributed by atoms with Crippen LogP contribution in [0.15, 0.2) is 0 Å². The minimum absolute atomic E-state index is 0.0790. The van der Waals surface area contributed by atoms with Crippen LogP contribution in [-0.2, 0) is 4.79 Å². The van der Waals surface area contributed by atoms with Crippen molar-refractivity contribution in [2.75, 3.05) is 27.2 Å². The molecule has 2 aliphatic heterocycles. The molecule has 20 heavy (non-hydrogen) atoms. The first-order chi connectivity index (χ1) is 9.34. The third-order valence-electron chi connectivity index (χ3n) is 4.37. The van der Waals surface area contributed by atoms with Gasteiger partial charge in [0.1, 0.15) is 0 Å². The molecule has 0 aliphatic carbocycles. The third-order valence-corrected chi connectivity index (χ3v) is 4.37. The van der Waals surface area contributed by atoms with Crippen molar-refractivity contribution in [1.82, 2.24) is 15.5 Å². The van der Waals surface area contributed by atoms with Gasteiger partial charge in [0.05, 0.1) is 5.60 Å². The maximum atomic E-state index is 12.0. The largest absolute Gasteiger partial charge is 0.387 e. The highest BCUT2D eigenvalue weighted by molar-refractivity contribution is 5.76. The van der Waals surface area contributed by atoms with Gasteiger partial charge in [-0.05, 0) is 52.6 Å². The maximum Gasteiger partial charge on any atom is 0.220 e. The van der Waals surface area contributed by atoms with Crippen molar-refractivity contribution in [3.63, 3.8) is 0 Å². The molecule has 116 valence electrons. The highest BCUT2D eigenvalue weighted by Gasteiger charge is 2.34. The standard InChI is InChI=1S/C15H29N3O2/c1-15(20,10-18(2)3)9-16-14(19)8-11-6-12-4-5-13(7-11)17-12/h11-13,17,20H,4-10H2,1-3H3,(H,16,19). The van der Waals surface area contributed by atoms with Crippen LogP contribution in [0.4, 0.5) is 0 Å². The number of piperidine rings is 1. The smallest absolute Gasteiger partial charge is 0.220 e. The van der Waals surface area contributed by atoms with Crippen LogP contribution in [0.5, 0.6) is 0 Å². The lowest BCUT2D eigenvalue weighted by Crippen LogP contribution is -2.47. The summed E-state index contributed by atoms with van der Waals surface area (Å²) in [4.78, 5) is 13.9. The zero-order valence-electron chi connectivity index (χ0n) is 13.0. The van der Waals surface area contributed by atoms with Crippen molar-refractivity contribution in [3.8, 4) is 0 Å². The summed E-state index contributed by atoms with van der Waals surface area (Å²) in [6.45, 7) is 2.63. The number of amides is 1. The molecule has 3 unspecified atom stereocenters. The molecule has 2 fully saturated rings. The van der Waals surface area contributed by atoms with E-state index in [9.17, 15) is 9.90 Å². The van der Waals surface area contributed by atoms with Crippen LogP contribution in [0, 0.1) is 5.92 Å². The molecule has 3 N–H and O–H groups in total. The lowest BCUT2D eigenvalue weighted by Gasteiger charge is -2.30. The number of hydrogen-bond acceptors (Lipinski definition) is 4. The highest BCUT2D eigenvalue weighted by atomic mass is 16.3. The van der Waals surface area contributed by atoms with Gasteiger partial charge in [-0.15, -0.1) is 0 Å². The minimum atomic E-state index is -0.869. The summed E-state index contributed by atoms with van der Waals surface area (Å²) in [5.41, 5.74) is -0.869. The van der Waals surface area contributed by atoms with E-state index in [1.807, 2.05) is 19.0 Å². The van der Waals surface area contributed by atoms with Crippen molar-refractivity contribution in [1.29, 1.82) is 0 Å². The van der Waals surface area contributed by atoms with Crippen LogP contribution in [0.3, 0.4) is 0 Å². The third kappa shape index (κ3) is 4.72. The van der Waals surface area contributed by atoms with Crippen molar-refractivity contribution in [3.05, 3.63) is 0 Å². The van der Waals surface area contributed by atoms with E-state index in [2.05, 4.69) is 10.6 Å². The number of fused-ring (bicyclic) bond motifs is 2. The summed E-state index contributed by atoms with van der Waals surface area (Å²) >= 11 is 0. The number of likely N-dealkylation sites (N-methyl/N-ethyl adjacent to an activating group) is 1. The van der Waals surface area contributed by atoms with Gasteiger partial charge in [-0.1, -0.05) is 0 Å². The van der Waals surface area contributed by atoms with E-state index in [4.69, 9.17) is 0 Å². The van der Waals surface area contributed by atoms with Crippen molar-refractivity contribution < 1.29 is 9.90 Å². The molecule has 2 heterocycles. The van der Waals surface area contributed by atoms with Crippen molar-refractivity contribution in [2.45, 2.75) is 56.7 Å². The van der Waals surface area contributed by atoms with Crippen LogP contribution >= 0.6 is 0 Å². The Kier molecular flexibility index (Phi) is 5.04. The molecular formula is C15H29N3O2. The van der Waals surface area contributed by atoms with Crippen LogP contribution in [0.2, 0.25) is 0 Å². The lowest BCUT2D eigenvalue weighted by molar-refractivity contribution is -0.123. The van der Waals surface area contributed by atoms with Gasteiger partial charge in [-0.3, -0.25) is 4.79 Å². The zero-order chi connectivity index (χ0) is 14.8. The molecule has 0 radical (unpaired) electrons. The lowest BCUT2D eigenvalue weighted by atomic mass is 9.89. The molecule has 0 spiro atoms. The fourth-order valence-corrected chi connectivity index (χ4v) is 3.70. The van der Waals surface area contributed by atoms with Crippen molar-refractivity contribution in [2.24, 2.45) is 5.92 Å². The molecule has 0 aromatic rings. The van der Waals surface area contributed by atoms with Crippen LogP contribution < -0.4 is 10.6 Å². The summed E-state index contributed by atoms with van der Waals surface area (Å²) in [6, 6.07) is 1.26. The van der Waals surface area contributed by atoms with E-state index < -0.39 is 5.60 Å². The number of nitrogens with zero attached hydrogens (tertiary/aromatic N) is 1. The number of nitrogens with one attached hydrogen (secondary N) is 2. The van der Waals surface area contributed by atoms with Gasteiger partial charge >= 0.3 is 0 Å². The number of carbonyl (C=O) groups excluding carboxylic acids is 1. The van der Waals surface area contributed by atoms with E-state index in [0.717, 1.165) is 12.8 Å². The molecule has 2 bridgehead atoms. The van der Waals surface area contributed by atoms with Gasteiger partial charge in [0.15, 0.2) is 0 Å². The normalized spacial score (nSPS) is 32.1. The highest BCUT2D eigenvalue weighted by Crippen LogP contribution is 2.32. The average Bonchev–Trinajstić information content (AvgIpc) is 2.65. The molecule has 1 amide bonds. The van der Waals surface area contributed by atoms with Gasteiger partial charge in [-0.25, -0.2) is 0 Å². The van der Waals surface area contributed by atoms with Crippen LogP contribution in [0.25, 0.3) is 0 Å². The molecule has 0 aromatic carbocycles.